The summed E-state index contributed by atoms with van der Waals surface area (Å²) in [5.41, 5.74) is -2.29. The first kappa shape index (κ1) is 29.7. The smallest absolute Gasteiger partial charge is 0.416 e. The van der Waals surface area contributed by atoms with Gasteiger partial charge in [-0.05, 0) is 42.7 Å². The number of hydrogen-bond acceptors (Lipinski definition) is 5. The van der Waals surface area contributed by atoms with Crippen molar-refractivity contribution in [2.75, 3.05) is 13.1 Å². The van der Waals surface area contributed by atoms with Gasteiger partial charge in [0.25, 0.3) is 0 Å². The third kappa shape index (κ3) is 6.87. The Morgan fingerprint density at radius 2 is 1.70 bits per heavy atom. The number of ether oxygens (including phenoxy) is 1. The van der Waals surface area contributed by atoms with Crippen molar-refractivity contribution in [2.45, 2.75) is 56.8 Å². The number of aromatic nitrogens is 1. The molecule has 1 amide bonds. The Kier molecular flexibility index (Phi) is 8.64. The minimum Gasteiger partial charge on any atom is -0.494 e. The average Bonchev–Trinajstić information content (AvgIpc) is 3.23. The number of rotatable bonds is 7. The Morgan fingerprint density at radius 1 is 1.07 bits per heavy atom. The molecule has 2 heterocycles. The molecule has 1 N–H and O–H groups in total. The zero-order chi connectivity index (χ0) is 29.2. The number of carbonyl (C=O) groups is 1. The summed E-state index contributed by atoms with van der Waals surface area (Å²) in [6.45, 7) is 1.83. The van der Waals surface area contributed by atoms with Gasteiger partial charge in [0, 0.05) is 32.0 Å². The molecule has 1 aromatic heterocycles. The zero-order valence-electron chi connectivity index (χ0n) is 21.2. The first-order chi connectivity index (χ1) is 18.7. The number of hydrogen-bond donors (Lipinski definition) is 1. The standard InChI is InChI=1S/C27H26F6N2O4S/c1-16(18-11-19(26(28,29)30)13-20(12-18)27(31,32)33)39-22-7-9-34(14-21(22)17-5-3-2-4-6-17)23(36)8-10-35-24(37)15-40-25(35)38/h2-6,11-13,15-16,21-22,37H,7-10,14H2,1H3/t16-,21+,22+/m1/s1. The van der Waals surface area contributed by atoms with Crippen molar-refractivity contribution in [1.82, 2.24) is 9.47 Å². The minimum absolute atomic E-state index is 0.00640. The summed E-state index contributed by atoms with van der Waals surface area (Å²) in [5.74, 6) is -0.904. The Balaban J connectivity index is 1.54. The SMILES string of the molecule is C[C@@H](O[C@H]1CCN(C(=O)CCn2c(O)csc2=O)C[C@H]1c1ccccc1)c1cc(C(F)(F)F)cc(C(F)(F)F)c1. The van der Waals surface area contributed by atoms with E-state index in [-0.39, 0.29) is 55.9 Å². The van der Waals surface area contributed by atoms with Crippen LogP contribution in [0, 0.1) is 0 Å². The highest BCUT2D eigenvalue weighted by Gasteiger charge is 2.39. The van der Waals surface area contributed by atoms with Crippen LogP contribution in [0.5, 0.6) is 5.88 Å². The van der Waals surface area contributed by atoms with E-state index in [1.165, 1.54) is 12.3 Å². The second-order valence-electron chi connectivity index (χ2n) is 9.56. The zero-order valence-corrected chi connectivity index (χ0v) is 22.0. The molecule has 216 valence electrons. The fraction of sp³-hybridized carbons (Fsp3) is 0.407. The van der Waals surface area contributed by atoms with Gasteiger partial charge in [-0.25, -0.2) is 0 Å². The molecule has 1 fully saturated rings. The highest BCUT2D eigenvalue weighted by molar-refractivity contribution is 7.07. The van der Waals surface area contributed by atoms with Crippen LogP contribution in [-0.4, -0.2) is 39.7 Å². The number of thiazole rings is 1. The molecule has 1 aliphatic rings. The maximum Gasteiger partial charge on any atom is 0.416 e. The summed E-state index contributed by atoms with van der Waals surface area (Å²) >= 11 is 0.815. The third-order valence-electron chi connectivity index (χ3n) is 6.90. The number of alkyl halides is 6. The molecule has 3 atom stereocenters. The van der Waals surface area contributed by atoms with Gasteiger partial charge >= 0.3 is 17.2 Å². The van der Waals surface area contributed by atoms with Crippen LogP contribution in [0.25, 0.3) is 0 Å². The van der Waals surface area contributed by atoms with Crippen molar-refractivity contribution in [3.63, 3.8) is 0 Å². The van der Waals surface area contributed by atoms with Crippen molar-refractivity contribution in [2.24, 2.45) is 0 Å². The van der Waals surface area contributed by atoms with Crippen LogP contribution in [0.4, 0.5) is 26.3 Å². The summed E-state index contributed by atoms with van der Waals surface area (Å²) in [5, 5.41) is 11.1. The fourth-order valence-corrected chi connectivity index (χ4v) is 5.44. The molecule has 1 aliphatic heterocycles. The second-order valence-corrected chi connectivity index (χ2v) is 10.4. The molecule has 2 aromatic carbocycles. The largest absolute Gasteiger partial charge is 0.494 e. The third-order valence-corrected chi connectivity index (χ3v) is 7.65. The Labute approximate surface area is 229 Å². The lowest BCUT2D eigenvalue weighted by Crippen LogP contribution is -2.46. The summed E-state index contributed by atoms with van der Waals surface area (Å²) < 4.78 is 87.5. The van der Waals surface area contributed by atoms with Crippen LogP contribution in [0.2, 0.25) is 0 Å². The lowest BCUT2D eigenvalue weighted by atomic mass is 9.87. The molecule has 0 spiro atoms. The van der Waals surface area contributed by atoms with Gasteiger partial charge in [0.05, 0.1) is 28.7 Å². The van der Waals surface area contributed by atoms with Crippen LogP contribution in [0.1, 0.15) is 54.0 Å². The second kappa shape index (κ2) is 11.7. The van der Waals surface area contributed by atoms with Gasteiger partial charge in [-0.3, -0.25) is 14.2 Å². The molecule has 40 heavy (non-hydrogen) atoms. The van der Waals surface area contributed by atoms with Crippen molar-refractivity contribution in [3.05, 3.63) is 85.8 Å². The molecule has 6 nitrogen and oxygen atoms in total. The number of amides is 1. The Hall–Kier alpha value is -3.32. The van der Waals surface area contributed by atoms with E-state index in [9.17, 15) is 41.0 Å². The van der Waals surface area contributed by atoms with Gasteiger partial charge in [-0.1, -0.05) is 41.7 Å². The van der Waals surface area contributed by atoms with Gasteiger partial charge < -0.3 is 14.7 Å². The summed E-state index contributed by atoms with van der Waals surface area (Å²) in [4.78, 5) is 26.0. The molecule has 0 bridgehead atoms. The number of piperidine rings is 1. The Bertz CT molecular complexity index is 1350. The van der Waals surface area contributed by atoms with Crippen LogP contribution in [0.3, 0.4) is 0 Å². The predicted octanol–water partition coefficient (Wildman–Crippen LogP) is 6.21. The van der Waals surface area contributed by atoms with E-state index in [4.69, 9.17) is 4.74 Å². The van der Waals surface area contributed by atoms with Crippen LogP contribution >= 0.6 is 11.3 Å². The predicted molar refractivity (Wildman–Crippen MR) is 135 cm³/mol. The Morgan fingerprint density at radius 3 is 2.25 bits per heavy atom. The van der Waals surface area contributed by atoms with Crippen LogP contribution in [-0.2, 0) is 28.4 Å². The van der Waals surface area contributed by atoms with E-state index in [1.807, 2.05) is 12.1 Å². The van der Waals surface area contributed by atoms with Gasteiger partial charge in [-0.15, -0.1) is 0 Å². The first-order valence-electron chi connectivity index (χ1n) is 12.4. The van der Waals surface area contributed by atoms with Crippen molar-refractivity contribution in [1.29, 1.82) is 0 Å². The van der Waals surface area contributed by atoms with E-state index in [0.717, 1.165) is 21.5 Å². The minimum atomic E-state index is -4.97. The van der Waals surface area contributed by atoms with Crippen molar-refractivity contribution < 1.29 is 41.0 Å². The quantitative estimate of drug-likeness (QED) is 0.334. The number of halogens is 6. The van der Waals surface area contributed by atoms with Gasteiger partial charge in [0.2, 0.25) is 11.8 Å². The normalized spacial score (nSPS) is 19.0. The van der Waals surface area contributed by atoms with E-state index in [2.05, 4.69) is 0 Å². The first-order valence-corrected chi connectivity index (χ1v) is 13.3. The molecule has 4 rings (SSSR count). The molecule has 0 saturated carbocycles. The highest BCUT2D eigenvalue weighted by Crippen LogP contribution is 2.39. The molecule has 0 radical (unpaired) electrons. The molecular weight excluding hydrogens is 562 g/mol. The molecular formula is C27H26F6N2O4S. The van der Waals surface area contributed by atoms with Crippen molar-refractivity contribution >= 4 is 17.2 Å². The highest BCUT2D eigenvalue weighted by atomic mass is 32.1. The number of benzene rings is 2. The summed E-state index contributed by atoms with van der Waals surface area (Å²) in [7, 11) is 0. The number of carbonyl (C=O) groups excluding carboxylic acids is 1. The molecule has 13 heteroatoms. The van der Waals surface area contributed by atoms with Gasteiger partial charge in [0.15, 0.2) is 0 Å². The molecule has 0 unspecified atom stereocenters. The van der Waals surface area contributed by atoms with Crippen LogP contribution in [0.15, 0.2) is 58.7 Å². The maximum absolute atomic E-state index is 13.4. The van der Waals surface area contributed by atoms with E-state index < -0.39 is 46.5 Å². The lowest BCUT2D eigenvalue weighted by Gasteiger charge is -2.40. The number of likely N-dealkylation sites (tertiary alicyclic amines) is 1. The molecule has 3 aromatic rings. The van der Waals surface area contributed by atoms with Crippen molar-refractivity contribution in [3.8, 4) is 5.88 Å². The topological polar surface area (TPSA) is 71.8 Å². The monoisotopic (exact) mass is 588 g/mol. The van der Waals surface area contributed by atoms with Crippen LogP contribution < -0.4 is 4.87 Å². The fourth-order valence-electron chi connectivity index (χ4n) is 4.79. The van der Waals surface area contributed by atoms with Gasteiger partial charge in [0.1, 0.15) is 0 Å². The van der Waals surface area contributed by atoms with Gasteiger partial charge in [-0.2, -0.15) is 26.3 Å². The molecule has 1 saturated heterocycles. The lowest BCUT2D eigenvalue weighted by molar-refractivity contribution is -0.143. The van der Waals surface area contributed by atoms with E-state index >= 15 is 0 Å². The number of aromatic hydroxyl groups is 1. The molecule has 0 aliphatic carbocycles. The number of nitrogens with zero attached hydrogens (tertiary/aromatic N) is 2. The van der Waals surface area contributed by atoms with E-state index in [0.29, 0.717) is 12.1 Å². The maximum atomic E-state index is 13.4. The van der Waals surface area contributed by atoms with E-state index in [1.54, 1.807) is 23.1 Å². The summed E-state index contributed by atoms with van der Waals surface area (Å²) in [6.07, 6.45) is -11.4. The summed E-state index contributed by atoms with van der Waals surface area (Å²) in [6, 6.07) is 10.4. The average molecular weight is 589 g/mol.